The first-order valence-corrected chi connectivity index (χ1v) is 8.16. The van der Waals surface area contributed by atoms with E-state index in [0.29, 0.717) is 0 Å². The fourth-order valence-corrected chi connectivity index (χ4v) is 3.11. The lowest BCUT2D eigenvalue weighted by molar-refractivity contribution is 0.882. The van der Waals surface area contributed by atoms with Crippen LogP contribution in [0.4, 0.5) is 0 Å². The number of nitrogens with zero attached hydrogens (tertiary/aromatic N) is 2. The number of hydrogen-bond donors (Lipinski definition) is 0. The van der Waals surface area contributed by atoms with Crippen molar-refractivity contribution in [1.82, 2.24) is 9.55 Å². The lowest BCUT2D eigenvalue weighted by Crippen LogP contribution is -2.01. The van der Waals surface area contributed by atoms with Crippen LogP contribution >= 0.6 is 43.5 Å². The minimum Gasteiger partial charge on any atom is -0.295 e. The van der Waals surface area contributed by atoms with Crippen molar-refractivity contribution in [2.24, 2.45) is 0 Å². The normalized spacial score (nSPS) is 12.8. The molecule has 102 valence electrons. The number of fused-ring (bicyclic) bond motifs is 1. The lowest BCUT2D eigenvalue weighted by Gasteiger charge is -2.11. The molecule has 2 nitrogen and oxygen atoms in total. The van der Waals surface area contributed by atoms with Gasteiger partial charge in [0.25, 0.3) is 0 Å². The second-order valence-corrected chi connectivity index (χ2v) is 7.02. The monoisotopic (exact) mass is 412 g/mol. The Kier molecular flexibility index (Phi) is 3.89. The Morgan fingerprint density at radius 1 is 1.10 bits per heavy atom. The molecule has 0 saturated heterocycles. The number of halogens is 3. The molecule has 5 heteroatoms. The molecule has 0 spiro atoms. The van der Waals surface area contributed by atoms with Crippen LogP contribution in [0.1, 0.15) is 18.1 Å². The molecule has 0 N–H and O–H groups in total. The Morgan fingerprint density at radius 3 is 2.55 bits per heavy atom. The molecule has 0 aliphatic carbocycles. The lowest BCUT2D eigenvalue weighted by atomic mass is 10.2. The summed E-state index contributed by atoms with van der Waals surface area (Å²) in [5, 5.41) is -0.167. The molecule has 0 saturated carbocycles. The molecule has 20 heavy (non-hydrogen) atoms. The SMILES string of the molecule is CC(Cl)c1nc2cc(Br)ccc2n1-c1cccc(Br)c1. The highest BCUT2D eigenvalue weighted by atomic mass is 79.9. The number of rotatable bonds is 2. The Bertz CT molecular complexity index is 781. The fraction of sp³-hybridized carbons (Fsp3) is 0.133. The minimum absolute atomic E-state index is 0.167. The molecule has 0 aliphatic heterocycles. The van der Waals surface area contributed by atoms with Crippen molar-refractivity contribution in [3.8, 4) is 5.69 Å². The first-order valence-electron chi connectivity index (χ1n) is 6.14. The van der Waals surface area contributed by atoms with Gasteiger partial charge in [0.05, 0.1) is 16.4 Å². The second kappa shape index (κ2) is 5.51. The second-order valence-electron chi connectivity index (χ2n) is 4.53. The smallest absolute Gasteiger partial charge is 0.132 e. The van der Waals surface area contributed by atoms with E-state index in [2.05, 4.69) is 59.6 Å². The van der Waals surface area contributed by atoms with E-state index in [4.69, 9.17) is 11.6 Å². The minimum atomic E-state index is -0.167. The van der Waals surface area contributed by atoms with E-state index in [0.717, 1.165) is 31.5 Å². The van der Waals surface area contributed by atoms with Crippen molar-refractivity contribution < 1.29 is 0 Å². The largest absolute Gasteiger partial charge is 0.295 e. The highest BCUT2D eigenvalue weighted by Gasteiger charge is 2.16. The molecular weight excluding hydrogens is 403 g/mol. The van der Waals surface area contributed by atoms with Crippen LogP contribution in [-0.4, -0.2) is 9.55 Å². The molecule has 0 radical (unpaired) electrons. The predicted molar refractivity (Wildman–Crippen MR) is 90.7 cm³/mol. The van der Waals surface area contributed by atoms with Gasteiger partial charge < -0.3 is 0 Å². The van der Waals surface area contributed by atoms with Crippen LogP contribution < -0.4 is 0 Å². The van der Waals surface area contributed by atoms with Gasteiger partial charge in [-0.15, -0.1) is 11.6 Å². The van der Waals surface area contributed by atoms with Crippen LogP contribution in [-0.2, 0) is 0 Å². The average molecular weight is 415 g/mol. The van der Waals surface area contributed by atoms with Gasteiger partial charge in [-0.25, -0.2) is 4.98 Å². The summed E-state index contributed by atoms with van der Waals surface area (Å²) in [7, 11) is 0. The molecule has 0 fully saturated rings. The van der Waals surface area contributed by atoms with Gasteiger partial charge in [0.15, 0.2) is 0 Å². The van der Waals surface area contributed by atoms with Crippen LogP contribution in [0.5, 0.6) is 0 Å². The summed E-state index contributed by atoms with van der Waals surface area (Å²) in [5.74, 6) is 0.845. The van der Waals surface area contributed by atoms with Gasteiger partial charge in [0.2, 0.25) is 0 Å². The van der Waals surface area contributed by atoms with Crippen LogP contribution in [0.2, 0.25) is 0 Å². The third-order valence-electron chi connectivity index (χ3n) is 3.06. The number of aromatic nitrogens is 2. The molecule has 1 heterocycles. The Hall–Kier alpha value is -0.840. The molecule has 1 unspecified atom stereocenters. The van der Waals surface area contributed by atoms with Crippen LogP contribution in [0.15, 0.2) is 51.4 Å². The maximum Gasteiger partial charge on any atom is 0.132 e. The van der Waals surface area contributed by atoms with Gasteiger partial charge in [-0.1, -0.05) is 37.9 Å². The average Bonchev–Trinajstić information content (AvgIpc) is 2.77. The Morgan fingerprint density at radius 2 is 1.85 bits per heavy atom. The zero-order valence-electron chi connectivity index (χ0n) is 10.6. The number of benzene rings is 2. The molecule has 1 atom stereocenters. The summed E-state index contributed by atoms with van der Waals surface area (Å²) in [6.07, 6.45) is 0. The van der Waals surface area contributed by atoms with Crippen molar-refractivity contribution in [1.29, 1.82) is 0 Å². The summed E-state index contributed by atoms with van der Waals surface area (Å²) in [5.41, 5.74) is 3.03. The number of imidazole rings is 1. The predicted octanol–water partition coefficient (Wildman–Crippen LogP) is 5.85. The molecule has 3 rings (SSSR count). The number of alkyl halides is 1. The van der Waals surface area contributed by atoms with Gasteiger partial charge in [-0.05, 0) is 43.3 Å². The van der Waals surface area contributed by atoms with Gasteiger partial charge >= 0.3 is 0 Å². The highest BCUT2D eigenvalue weighted by molar-refractivity contribution is 9.10. The van der Waals surface area contributed by atoms with Crippen LogP contribution in [0.25, 0.3) is 16.7 Å². The molecule has 1 aromatic heterocycles. The summed E-state index contributed by atoms with van der Waals surface area (Å²) in [6, 6.07) is 14.2. The summed E-state index contributed by atoms with van der Waals surface area (Å²) in [6.45, 7) is 1.94. The maximum absolute atomic E-state index is 6.30. The summed E-state index contributed by atoms with van der Waals surface area (Å²) >= 11 is 13.3. The molecular formula is C15H11Br2ClN2. The van der Waals surface area contributed by atoms with E-state index < -0.39 is 0 Å². The zero-order valence-corrected chi connectivity index (χ0v) is 14.6. The van der Waals surface area contributed by atoms with E-state index in [9.17, 15) is 0 Å². The maximum atomic E-state index is 6.30. The van der Waals surface area contributed by atoms with E-state index in [1.54, 1.807) is 0 Å². The zero-order chi connectivity index (χ0) is 14.3. The van der Waals surface area contributed by atoms with E-state index in [1.807, 2.05) is 31.2 Å². The number of hydrogen-bond acceptors (Lipinski definition) is 1. The van der Waals surface area contributed by atoms with Crippen molar-refractivity contribution in [2.45, 2.75) is 12.3 Å². The van der Waals surface area contributed by atoms with Crippen molar-refractivity contribution in [3.63, 3.8) is 0 Å². The van der Waals surface area contributed by atoms with Crippen LogP contribution in [0.3, 0.4) is 0 Å². The molecule has 0 bridgehead atoms. The van der Waals surface area contributed by atoms with E-state index >= 15 is 0 Å². The highest BCUT2D eigenvalue weighted by Crippen LogP contribution is 2.30. The van der Waals surface area contributed by atoms with Crippen molar-refractivity contribution in [2.75, 3.05) is 0 Å². The Balaban J connectivity index is 2.34. The van der Waals surface area contributed by atoms with E-state index in [1.165, 1.54) is 0 Å². The first-order chi connectivity index (χ1) is 9.56. The standard InChI is InChI=1S/C15H11Br2ClN2/c1-9(18)15-19-13-8-11(17)5-6-14(13)20(15)12-4-2-3-10(16)7-12/h2-9H,1H3. The Labute approximate surface area is 139 Å². The fourth-order valence-electron chi connectivity index (χ4n) is 2.23. The van der Waals surface area contributed by atoms with Gasteiger partial charge in [-0.2, -0.15) is 0 Å². The van der Waals surface area contributed by atoms with Crippen molar-refractivity contribution in [3.05, 3.63) is 57.2 Å². The van der Waals surface area contributed by atoms with Gasteiger partial charge in [0, 0.05) is 14.6 Å². The molecule has 0 aliphatic rings. The molecule has 3 aromatic rings. The topological polar surface area (TPSA) is 17.8 Å². The summed E-state index contributed by atoms with van der Waals surface area (Å²) in [4.78, 5) is 4.66. The van der Waals surface area contributed by atoms with Gasteiger partial charge in [-0.3, -0.25) is 4.57 Å². The molecule has 0 amide bonds. The first kappa shape index (κ1) is 14.1. The van der Waals surface area contributed by atoms with Crippen LogP contribution in [0, 0.1) is 0 Å². The van der Waals surface area contributed by atoms with Crippen molar-refractivity contribution >= 4 is 54.5 Å². The molecule has 2 aromatic carbocycles. The summed E-state index contributed by atoms with van der Waals surface area (Å²) < 4.78 is 4.14. The van der Waals surface area contributed by atoms with Gasteiger partial charge in [0.1, 0.15) is 5.82 Å². The van der Waals surface area contributed by atoms with E-state index in [-0.39, 0.29) is 5.38 Å². The quantitative estimate of drug-likeness (QED) is 0.481. The third kappa shape index (κ3) is 2.52. The third-order valence-corrected chi connectivity index (χ3v) is 4.25.